The van der Waals surface area contributed by atoms with Crippen LogP contribution < -0.4 is 5.32 Å². The summed E-state index contributed by atoms with van der Waals surface area (Å²) in [5, 5.41) is 3.68. The molecular weight excluding hydrogens is 208 g/mol. The average Bonchev–Trinajstić information content (AvgIpc) is 3.14. The minimum Gasteiger partial charge on any atom is -0.313 e. The highest BCUT2D eigenvalue weighted by Crippen LogP contribution is 2.26. The molecule has 0 aliphatic heterocycles. The molecule has 1 saturated carbocycles. The zero-order valence-corrected chi connectivity index (χ0v) is 12.3. The Kier molecular flexibility index (Phi) is 7.14. The summed E-state index contributed by atoms with van der Waals surface area (Å²) < 4.78 is 0. The Morgan fingerprint density at radius 2 is 1.88 bits per heavy atom. The van der Waals surface area contributed by atoms with Gasteiger partial charge in [0.1, 0.15) is 0 Å². The number of nitrogens with one attached hydrogen (secondary N) is 1. The molecule has 17 heavy (non-hydrogen) atoms. The summed E-state index contributed by atoms with van der Waals surface area (Å²) in [6.07, 6.45) is 9.67. The molecule has 1 aliphatic carbocycles. The first kappa shape index (κ1) is 15.0. The number of nitrogens with zero attached hydrogens (tertiary/aromatic N) is 1. The van der Waals surface area contributed by atoms with Crippen molar-refractivity contribution in [1.29, 1.82) is 0 Å². The highest BCUT2D eigenvalue weighted by atomic mass is 15.2. The number of rotatable bonds is 10. The maximum atomic E-state index is 3.68. The fourth-order valence-electron chi connectivity index (χ4n) is 2.34. The molecule has 2 atom stereocenters. The van der Waals surface area contributed by atoms with Crippen LogP contribution in [-0.4, -0.2) is 36.6 Å². The summed E-state index contributed by atoms with van der Waals surface area (Å²) in [6, 6.07) is 2.24. The molecule has 0 saturated heterocycles. The highest BCUT2D eigenvalue weighted by molar-refractivity contribution is 4.86. The topological polar surface area (TPSA) is 15.3 Å². The molecule has 0 heterocycles. The van der Waals surface area contributed by atoms with E-state index in [0.717, 1.165) is 12.6 Å². The van der Waals surface area contributed by atoms with Crippen molar-refractivity contribution in [3.8, 4) is 0 Å². The van der Waals surface area contributed by atoms with E-state index in [2.05, 4.69) is 38.0 Å². The monoisotopic (exact) mass is 240 g/mol. The van der Waals surface area contributed by atoms with E-state index in [4.69, 9.17) is 0 Å². The van der Waals surface area contributed by atoms with Crippen LogP contribution in [0.15, 0.2) is 0 Å². The number of likely N-dealkylation sites (N-methyl/N-ethyl adjacent to an activating group) is 1. The maximum absolute atomic E-state index is 3.68. The van der Waals surface area contributed by atoms with Gasteiger partial charge in [0.05, 0.1) is 0 Å². The summed E-state index contributed by atoms with van der Waals surface area (Å²) in [5.41, 5.74) is 0. The van der Waals surface area contributed by atoms with E-state index in [1.54, 1.807) is 0 Å². The molecule has 2 nitrogen and oxygen atoms in total. The van der Waals surface area contributed by atoms with Crippen LogP contribution in [0.2, 0.25) is 0 Å². The van der Waals surface area contributed by atoms with Gasteiger partial charge in [-0.15, -0.1) is 0 Å². The largest absolute Gasteiger partial charge is 0.313 e. The van der Waals surface area contributed by atoms with Crippen molar-refractivity contribution in [2.75, 3.05) is 13.6 Å². The van der Waals surface area contributed by atoms with Crippen molar-refractivity contribution in [3.05, 3.63) is 0 Å². The van der Waals surface area contributed by atoms with Crippen molar-refractivity contribution in [3.63, 3.8) is 0 Å². The van der Waals surface area contributed by atoms with Crippen LogP contribution >= 0.6 is 0 Å². The second-order valence-electron chi connectivity index (χ2n) is 5.90. The second-order valence-corrected chi connectivity index (χ2v) is 5.90. The minimum absolute atomic E-state index is 0.681. The number of unbranched alkanes of at least 4 members (excludes halogenated alkanes) is 3. The van der Waals surface area contributed by atoms with Gasteiger partial charge in [0.15, 0.2) is 0 Å². The molecule has 2 heteroatoms. The summed E-state index contributed by atoms with van der Waals surface area (Å²) in [5.74, 6) is 0. The molecule has 1 aliphatic rings. The average molecular weight is 240 g/mol. The first-order chi connectivity index (χ1) is 8.15. The zero-order chi connectivity index (χ0) is 12.7. The Morgan fingerprint density at radius 3 is 2.47 bits per heavy atom. The quantitative estimate of drug-likeness (QED) is 0.589. The van der Waals surface area contributed by atoms with E-state index in [0.29, 0.717) is 12.1 Å². The van der Waals surface area contributed by atoms with Gasteiger partial charge in [-0.25, -0.2) is 0 Å². The third-order valence-electron chi connectivity index (χ3n) is 4.07. The van der Waals surface area contributed by atoms with Crippen LogP contribution in [0, 0.1) is 0 Å². The minimum atomic E-state index is 0.681. The van der Waals surface area contributed by atoms with Crippen molar-refractivity contribution in [2.24, 2.45) is 0 Å². The summed E-state index contributed by atoms with van der Waals surface area (Å²) >= 11 is 0. The molecule has 2 unspecified atom stereocenters. The van der Waals surface area contributed by atoms with Crippen LogP contribution in [-0.2, 0) is 0 Å². The standard InChI is InChI=1S/C15H32N2/c1-5-6-7-8-9-13(2)16-12-14(3)17(4)15-10-11-15/h13-16H,5-12H2,1-4H3. The first-order valence-electron chi connectivity index (χ1n) is 7.60. The molecule has 0 spiro atoms. The number of hydrogen-bond donors (Lipinski definition) is 1. The molecule has 0 aromatic carbocycles. The van der Waals surface area contributed by atoms with Gasteiger partial charge in [-0.05, 0) is 40.2 Å². The van der Waals surface area contributed by atoms with Crippen LogP contribution in [0.5, 0.6) is 0 Å². The maximum Gasteiger partial charge on any atom is 0.0192 e. The zero-order valence-electron chi connectivity index (χ0n) is 12.3. The van der Waals surface area contributed by atoms with Gasteiger partial charge in [0.2, 0.25) is 0 Å². The molecule has 1 rings (SSSR count). The molecular formula is C15H32N2. The van der Waals surface area contributed by atoms with Crippen LogP contribution in [0.3, 0.4) is 0 Å². The highest BCUT2D eigenvalue weighted by Gasteiger charge is 2.28. The normalized spacial score (nSPS) is 19.6. The molecule has 0 aromatic heterocycles. The van der Waals surface area contributed by atoms with Crippen LogP contribution in [0.1, 0.15) is 65.7 Å². The van der Waals surface area contributed by atoms with Gasteiger partial charge in [0.25, 0.3) is 0 Å². The van der Waals surface area contributed by atoms with Gasteiger partial charge in [-0.2, -0.15) is 0 Å². The Labute approximate surface area is 108 Å². The second kappa shape index (κ2) is 8.10. The number of hydrogen-bond acceptors (Lipinski definition) is 2. The van der Waals surface area contributed by atoms with Crippen molar-refractivity contribution in [2.45, 2.75) is 83.8 Å². The third-order valence-corrected chi connectivity index (χ3v) is 4.07. The lowest BCUT2D eigenvalue weighted by Crippen LogP contribution is -2.41. The Hall–Kier alpha value is -0.0800. The predicted molar refractivity (Wildman–Crippen MR) is 76.5 cm³/mol. The van der Waals surface area contributed by atoms with Crippen molar-refractivity contribution in [1.82, 2.24) is 10.2 Å². The lowest BCUT2D eigenvalue weighted by molar-refractivity contribution is 0.235. The predicted octanol–water partition coefficient (Wildman–Crippen LogP) is 3.42. The van der Waals surface area contributed by atoms with Gasteiger partial charge in [-0.3, -0.25) is 4.90 Å². The smallest absolute Gasteiger partial charge is 0.0192 e. The molecule has 0 bridgehead atoms. The van der Waals surface area contributed by atoms with E-state index in [1.807, 2.05) is 0 Å². The molecule has 0 radical (unpaired) electrons. The van der Waals surface area contributed by atoms with Gasteiger partial charge in [0, 0.05) is 24.7 Å². The van der Waals surface area contributed by atoms with Crippen LogP contribution in [0.25, 0.3) is 0 Å². The Balaban J connectivity index is 1.99. The molecule has 0 amide bonds. The summed E-state index contributed by atoms with van der Waals surface area (Å²) in [4.78, 5) is 2.54. The van der Waals surface area contributed by atoms with Crippen molar-refractivity contribution >= 4 is 0 Å². The SMILES string of the molecule is CCCCCCC(C)NCC(C)N(C)C1CC1. The molecule has 1 fully saturated rings. The van der Waals surface area contributed by atoms with E-state index in [-0.39, 0.29) is 0 Å². The fraction of sp³-hybridized carbons (Fsp3) is 1.00. The molecule has 1 N–H and O–H groups in total. The van der Waals surface area contributed by atoms with Gasteiger partial charge >= 0.3 is 0 Å². The summed E-state index contributed by atoms with van der Waals surface area (Å²) in [6.45, 7) is 8.09. The fourth-order valence-corrected chi connectivity index (χ4v) is 2.34. The van der Waals surface area contributed by atoms with E-state index in [9.17, 15) is 0 Å². The Bertz CT molecular complexity index is 189. The lowest BCUT2D eigenvalue weighted by Gasteiger charge is -2.26. The van der Waals surface area contributed by atoms with E-state index < -0.39 is 0 Å². The molecule has 102 valence electrons. The molecule has 0 aromatic rings. The Morgan fingerprint density at radius 1 is 1.18 bits per heavy atom. The first-order valence-corrected chi connectivity index (χ1v) is 7.60. The lowest BCUT2D eigenvalue weighted by atomic mass is 10.1. The third kappa shape index (κ3) is 6.42. The summed E-state index contributed by atoms with van der Waals surface area (Å²) in [7, 11) is 2.27. The van der Waals surface area contributed by atoms with Gasteiger partial charge < -0.3 is 5.32 Å². The van der Waals surface area contributed by atoms with Gasteiger partial charge in [-0.1, -0.05) is 32.6 Å². The van der Waals surface area contributed by atoms with Crippen LogP contribution in [0.4, 0.5) is 0 Å². The van der Waals surface area contributed by atoms with E-state index >= 15 is 0 Å². The van der Waals surface area contributed by atoms with E-state index in [1.165, 1.54) is 44.9 Å². The van der Waals surface area contributed by atoms with Crippen molar-refractivity contribution < 1.29 is 0 Å².